The van der Waals surface area contributed by atoms with Crippen LogP contribution in [-0.4, -0.2) is 42.4 Å². The molecule has 0 fully saturated rings. The minimum atomic E-state index is -4.36. The maximum atomic E-state index is 12.4. The number of ether oxygens (including phenoxy) is 1. The van der Waals surface area contributed by atoms with Crippen LogP contribution >= 0.6 is 24.0 Å². The van der Waals surface area contributed by atoms with E-state index >= 15 is 0 Å². The Kier molecular flexibility index (Phi) is 7.84. The third kappa shape index (κ3) is 7.53. The summed E-state index contributed by atoms with van der Waals surface area (Å²) in [6, 6.07) is 5.75. The lowest BCUT2D eigenvalue weighted by molar-refractivity contribution is -0.121. The number of aromatic nitrogens is 1. The van der Waals surface area contributed by atoms with Gasteiger partial charge >= 0.3 is 16.4 Å². The van der Waals surface area contributed by atoms with Crippen molar-refractivity contribution in [3.05, 3.63) is 45.9 Å². The molecule has 0 saturated heterocycles. The molecule has 2 aromatic rings. The second-order valence-corrected chi connectivity index (χ2v) is 8.60. The van der Waals surface area contributed by atoms with Gasteiger partial charge in [-0.3, -0.25) is 14.1 Å². The van der Waals surface area contributed by atoms with Gasteiger partial charge in [0, 0.05) is 5.38 Å². The van der Waals surface area contributed by atoms with Crippen molar-refractivity contribution in [3.8, 4) is 0 Å². The van der Waals surface area contributed by atoms with E-state index < -0.39 is 33.7 Å². The van der Waals surface area contributed by atoms with Gasteiger partial charge in [-0.25, -0.2) is 9.78 Å². The molecule has 0 spiro atoms. The zero-order valence-corrected chi connectivity index (χ0v) is 18.0. The number of rotatable bonds is 8. The van der Waals surface area contributed by atoms with Crippen LogP contribution in [0.1, 0.15) is 22.3 Å². The Balaban J connectivity index is 2.14. The van der Waals surface area contributed by atoms with Crippen LogP contribution in [0, 0.1) is 6.92 Å². The van der Waals surface area contributed by atoms with E-state index in [9.17, 15) is 18.0 Å². The predicted molar refractivity (Wildman–Crippen MR) is 111 cm³/mol. The van der Waals surface area contributed by atoms with Crippen LogP contribution in [0.5, 0.6) is 0 Å². The Morgan fingerprint density at radius 3 is 2.45 bits per heavy atom. The summed E-state index contributed by atoms with van der Waals surface area (Å²) in [7, 11) is -3.18. The Morgan fingerprint density at radius 1 is 1.28 bits per heavy atom. The molecule has 13 heteroatoms. The number of amides is 2. The van der Waals surface area contributed by atoms with Crippen molar-refractivity contribution < 1.29 is 27.3 Å². The van der Waals surface area contributed by atoms with Gasteiger partial charge in [-0.1, -0.05) is 12.1 Å². The molecule has 0 aliphatic heterocycles. The van der Waals surface area contributed by atoms with Gasteiger partial charge in [0.1, 0.15) is 0 Å². The van der Waals surface area contributed by atoms with Crippen LogP contribution in [0.4, 0.5) is 10.5 Å². The SMILES string of the molecule is COC(=O)NC(S)C(=O)NC(Cc1ccc(NS(=O)(=O)O)cc1)c1csc(C)n1. The highest BCUT2D eigenvalue weighted by atomic mass is 32.2. The number of hydrogen-bond acceptors (Lipinski definition) is 8. The zero-order valence-electron chi connectivity index (χ0n) is 15.4. The van der Waals surface area contributed by atoms with Crippen LogP contribution in [0.3, 0.4) is 0 Å². The molecule has 2 rings (SSSR count). The number of methoxy groups -OCH3 is 1. The van der Waals surface area contributed by atoms with Crippen molar-refractivity contribution in [2.24, 2.45) is 0 Å². The summed E-state index contributed by atoms with van der Waals surface area (Å²) in [4.78, 5) is 28.1. The highest BCUT2D eigenvalue weighted by Crippen LogP contribution is 2.22. The molecule has 0 aliphatic carbocycles. The summed E-state index contributed by atoms with van der Waals surface area (Å²) in [5, 5.41) is 6.57. The Hall–Kier alpha value is -2.35. The number of thiazole rings is 1. The number of anilines is 1. The molecule has 0 saturated carbocycles. The van der Waals surface area contributed by atoms with E-state index in [0.717, 1.165) is 10.6 Å². The summed E-state index contributed by atoms with van der Waals surface area (Å²) in [5.74, 6) is -0.543. The molecule has 158 valence electrons. The van der Waals surface area contributed by atoms with E-state index in [2.05, 4.69) is 33.0 Å². The molecular weight excluding hydrogens is 440 g/mol. The highest BCUT2D eigenvalue weighted by molar-refractivity contribution is 7.87. The van der Waals surface area contributed by atoms with Crippen molar-refractivity contribution in [1.29, 1.82) is 0 Å². The van der Waals surface area contributed by atoms with Gasteiger partial charge in [0.25, 0.3) is 5.91 Å². The monoisotopic (exact) mass is 460 g/mol. The maximum absolute atomic E-state index is 12.4. The van der Waals surface area contributed by atoms with Crippen molar-refractivity contribution in [1.82, 2.24) is 15.6 Å². The van der Waals surface area contributed by atoms with Crippen LogP contribution < -0.4 is 15.4 Å². The lowest BCUT2D eigenvalue weighted by Gasteiger charge is -2.20. The largest absolute Gasteiger partial charge is 0.453 e. The number of carbonyl (C=O) groups excluding carboxylic acids is 2. The number of alkyl carbamates (subject to hydrolysis) is 1. The van der Waals surface area contributed by atoms with Gasteiger partial charge in [0.2, 0.25) is 0 Å². The second kappa shape index (κ2) is 9.91. The third-order valence-corrected chi connectivity index (χ3v) is 5.29. The predicted octanol–water partition coefficient (Wildman–Crippen LogP) is 1.68. The van der Waals surface area contributed by atoms with E-state index in [-0.39, 0.29) is 5.69 Å². The summed E-state index contributed by atoms with van der Waals surface area (Å²) < 4.78 is 37.0. The Labute approximate surface area is 177 Å². The number of nitrogens with one attached hydrogen (secondary N) is 3. The summed E-state index contributed by atoms with van der Waals surface area (Å²) >= 11 is 5.49. The summed E-state index contributed by atoms with van der Waals surface area (Å²) in [5.41, 5.74) is 1.61. The van der Waals surface area contributed by atoms with Crippen molar-refractivity contribution in [3.63, 3.8) is 0 Å². The first-order chi connectivity index (χ1) is 13.6. The maximum Gasteiger partial charge on any atom is 0.408 e. The summed E-state index contributed by atoms with van der Waals surface area (Å²) in [6.45, 7) is 1.84. The van der Waals surface area contributed by atoms with Crippen LogP contribution in [-0.2, 0) is 26.3 Å². The van der Waals surface area contributed by atoms with Crippen molar-refractivity contribution in [2.75, 3.05) is 11.8 Å². The average Bonchev–Trinajstić information content (AvgIpc) is 3.07. The summed E-state index contributed by atoms with van der Waals surface area (Å²) in [6.07, 6.45) is -0.442. The standard InChI is InChI=1S/C16H20N4O6S3/c1-9-17-13(8-28-9)12(18-14(21)15(27)19-16(22)26-2)7-10-3-5-11(6-4-10)20-29(23,24)25/h3-6,8,12,15,20,27H,7H2,1-2H3,(H,18,21)(H,19,22)(H,23,24,25). The Bertz CT molecular complexity index is 961. The molecular formula is C16H20N4O6S3. The Morgan fingerprint density at radius 2 is 1.93 bits per heavy atom. The molecule has 29 heavy (non-hydrogen) atoms. The number of aryl methyl sites for hydroxylation is 1. The number of nitrogens with zero attached hydrogens (tertiary/aromatic N) is 1. The van der Waals surface area contributed by atoms with E-state index in [1.165, 1.54) is 30.6 Å². The second-order valence-electron chi connectivity index (χ2n) is 5.87. The molecule has 0 bridgehead atoms. The lowest BCUT2D eigenvalue weighted by atomic mass is 10.0. The molecule has 1 aromatic heterocycles. The van der Waals surface area contributed by atoms with Gasteiger partial charge in [0.15, 0.2) is 5.37 Å². The zero-order chi connectivity index (χ0) is 21.6. The fraction of sp³-hybridized carbons (Fsp3) is 0.312. The smallest absolute Gasteiger partial charge is 0.408 e. The normalized spacial score (nSPS) is 13.2. The molecule has 1 heterocycles. The van der Waals surface area contributed by atoms with E-state index in [0.29, 0.717) is 12.1 Å². The van der Waals surface area contributed by atoms with Crippen molar-refractivity contribution in [2.45, 2.75) is 24.8 Å². The van der Waals surface area contributed by atoms with Gasteiger partial charge in [-0.15, -0.1) is 24.0 Å². The molecule has 0 radical (unpaired) electrons. The first-order valence-electron chi connectivity index (χ1n) is 8.16. The van der Waals surface area contributed by atoms with Crippen LogP contribution in [0.15, 0.2) is 29.6 Å². The number of thiol groups is 1. The molecule has 2 atom stereocenters. The van der Waals surface area contributed by atoms with Crippen LogP contribution in [0.25, 0.3) is 0 Å². The van der Waals surface area contributed by atoms with Crippen molar-refractivity contribution >= 4 is 52.0 Å². The van der Waals surface area contributed by atoms with Gasteiger partial charge in [-0.05, 0) is 31.0 Å². The molecule has 4 N–H and O–H groups in total. The molecule has 2 unspecified atom stereocenters. The van der Waals surface area contributed by atoms with Gasteiger partial charge in [-0.2, -0.15) is 8.42 Å². The van der Waals surface area contributed by atoms with E-state index in [4.69, 9.17) is 4.55 Å². The fourth-order valence-electron chi connectivity index (χ4n) is 2.35. The molecule has 1 aromatic carbocycles. The topological polar surface area (TPSA) is 147 Å². The molecule has 0 aliphatic rings. The van der Waals surface area contributed by atoms with E-state index in [1.54, 1.807) is 12.1 Å². The first-order valence-corrected chi connectivity index (χ1v) is 11.0. The molecule has 2 amide bonds. The molecule has 10 nitrogen and oxygen atoms in total. The quantitative estimate of drug-likeness (QED) is 0.229. The van der Waals surface area contributed by atoms with Gasteiger partial charge < -0.3 is 15.4 Å². The van der Waals surface area contributed by atoms with Gasteiger partial charge in [0.05, 0.1) is 29.5 Å². The average molecular weight is 461 g/mol. The first kappa shape index (κ1) is 22.9. The minimum Gasteiger partial charge on any atom is -0.453 e. The third-order valence-electron chi connectivity index (χ3n) is 3.64. The number of benzene rings is 1. The highest BCUT2D eigenvalue weighted by Gasteiger charge is 2.23. The lowest BCUT2D eigenvalue weighted by Crippen LogP contribution is -2.45. The van der Waals surface area contributed by atoms with Crippen LogP contribution in [0.2, 0.25) is 0 Å². The fourth-order valence-corrected chi connectivity index (χ4v) is 3.63. The number of carbonyl (C=O) groups is 2. The van der Waals surface area contributed by atoms with E-state index in [1.807, 2.05) is 17.0 Å². The number of hydrogen-bond donors (Lipinski definition) is 5. The minimum absolute atomic E-state index is 0.194.